The van der Waals surface area contributed by atoms with E-state index in [0.29, 0.717) is 44.5 Å². The van der Waals surface area contributed by atoms with Crippen molar-refractivity contribution in [3.8, 4) is 0 Å². The van der Waals surface area contributed by atoms with E-state index < -0.39 is 6.10 Å². The number of imidazole rings is 2. The molecule has 0 aliphatic heterocycles. The Kier molecular flexibility index (Phi) is 7.37. The first-order chi connectivity index (χ1) is 15.5. The first-order valence-electron chi connectivity index (χ1n) is 9.54. The minimum atomic E-state index is -0.502. The number of rotatable bonds is 8. The molecule has 1 unspecified atom stereocenters. The van der Waals surface area contributed by atoms with Gasteiger partial charge in [0, 0.05) is 51.0 Å². The average Bonchev–Trinajstić information content (AvgIpc) is 3.45. The number of benzene rings is 2. The van der Waals surface area contributed by atoms with Crippen molar-refractivity contribution in [1.29, 1.82) is 0 Å². The molecule has 0 spiro atoms. The van der Waals surface area contributed by atoms with Crippen LogP contribution in [0.25, 0.3) is 0 Å². The zero-order chi connectivity index (χ0) is 22.5. The zero-order valence-electron chi connectivity index (χ0n) is 16.6. The second kappa shape index (κ2) is 10.4. The number of nitrogens with zero attached hydrogens (tertiary/aromatic N) is 5. The fraction of sp³-hybridized carbons (Fsp3) is 0.136. The van der Waals surface area contributed by atoms with Gasteiger partial charge < -0.3 is 14.0 Å². The average molecular weight is 509 g/mol. The fourth-order valence-electron chi connectivity index (χ4n) is 3.10. The van der Waals surface area contributed by atoms with E-state index in [9.17, 15) is 0 Å². The van der Waals surface area contributed by atoms with Gasteiger partial charge in [0.15, 0.2) is 6.10 Å². The van der Waals surface area contributed by atoms with E-state index in [4.69, 9.17) is 51.2 Å². The standard InChI is InChI=1S/C22H17Cl4N5O/c23-15-1-3-17(19(25)9-15)21(11-30-7-5-27-13-30)29-32-22(12-31-8-6-28-14-31)18-4-2-16(24)10-20(18)26/h1-10,13-14,22H,11-12H2/b29-21+. The lowest BCUT2D eigenvalue weighted by atomic mass is 10.1. The van der Waals surface area contributed by atoms with Gasteiger partial charge in [0.1, 0.15) is 5.71 Å². The normalized spacial score (nSPS) is 12.7. The van der Waals surface area contributed by atoms with Gasteiger partial charge in [-0.05, 0) is 30.3 Å². The van der Waals surface area contributed by atoms with Crippen LogP contribution in [-0.4, -0.2) is 24.8 Å². The quantitative estimate of drug-likeness (QED) is 0.200. The summed E-state index contributed by atoms with van der Waals surface area (Å²) in [5, 5.41) is 6.52. The Bertz CT molecular complexity index is 1210. The highest BCUT2D eigenvalue weighted by Crippen LogP contribution is 2.30. The monoisotopic (exact) mass is 507 g/mol. The SMILES string of the molecule is Clc1ccc(/C(Cn2ccnc2)=N/OC(Cn2ccnc2)c2ccc(Cl)cc2Cl)c(Cl)c1. The van der Waals surface area contributed by atoms with Crippen LogP contribution >= 0.6 is 46.4 Å². The number of aromatic nitrogens is 4. The van der Waals surface area contributed by atoms with E-state index in [1.165, 1.54) is 0 Å². The Hall–Kier alpha value is -2.51. The summed E-state index contributed by atoms with van der Waals surface area (Å²) in [5.74, 6) is 0. The first kappa shape index (κ1) is 22.7. The molecule has 0 aliphatic rings. The number of halogens is 4. The molecule has 164 valence electrons. The van der Waals surface area contributed by atoms with Crippen molar-refractivity contribution >= 4 is 52.1 Å². The van der Waals surface area contributed by atoms with Gasteiger partial charge in [0.25, 0.3) is 0 Å². The van der Waals surface area contributed by atoms with Gasteiger partial charge in [0.05, 0.1) is 30.8 Å². The topological polar surface area (TPSA) is 57.2 Å². The van der Waals surface area contributed by atoms with Crippen LogP contribution in [-0.2, 0) is 17.9 Å². The van der Waals surface area contributed by atoms with Gasteiger partial charge in [-0.1, -0.05) is 57.6 Å². The van der Waals surface area contributed by atoms with Gasteiger partial charge in [-0.2, -0.15) is 0 Å². The summed E-state index contributed by atoms with van der Waals surface area (Å²) in [4.78, 5) is 14.2. The third kappa shape index (κ3) is 5.64. The van der Waals surface area contributed by atoms with Crippen LogP contribution in [0.4, 0.5) is 0 Å². The summed E-state index contributed by atoms with van der Waals surface area (Å²) in [6.07, 6.45) is 9.95. The van der Waals surface area contributed by atoms with Crippen molar-refractivity contribution < 1.29 is 4.84 Å². The lowest BCUT2D eigenvalue weighted by Gasteiger charge is -2.19. The van der Waals surface area contributed by atoms with E-state index in [1.54, 1.807) is 49.3 Å². The summed E-state index contributed by atoms with van der Waals surface area (Å²) in [6.45, 7) is 0.838. The smallest absolute Gasteiger partial charge is 0.171 e. The van der Waals surface area contributed by atoms with Gasteiger partial charge in [-0.3, -0.25) is 0 Å². The Morgan fingerprint density at radius 1 is 0.875 bits per heavy atom. The summed E-state index contributed by atoms with van der Waals surface area (Å²) in [7, 11) is 0. The van der Waals surface area contributed by atoms with Crippen LogP contribution in [0.15, 0.2) is 79.0 Å². The van der Waals surface area contributed by atoms with Gasteiger partial charge >= 0.3 is 0 Å². The van der Waals surface area contributed by atoms with Crippen molar-refractivity contribution in [2.45, 2.75) is 19.2 Å². The molecule has 32 heavy (non-hydrogen) atoms. The maximum atomic E-state index is 6.47. The lowest BCUT2D eigenvalue weighted by Crippen LogP contribution is -2.15. The molecule has 2 heterocycles. The molecule has 0 radical (unpaired) electrons. The highest BCUT2D eigenvalue weighted by Gasteiger charge is 2.19. The van der Waals surface area contributed by atoms with Crippen LogP contribution in [0.5, 0.6) is 0 Å². The third-order valence-corrected chi connectivity index (χ3v) is 5.78. The molecule has 1 atom stereocenters. The Labute approximate surface area is 205 Å². The molecule has 0 saturated heterocycles. The minimum absolute atomic E-state index is 0.396. The summed E-state index contributed by atoms with van der Waals surface area (Å²) in [6, 6.07) is 10.5. The maximum absolute atomic E-state index is 6.47. The first-order valence-corrected chi connectivity index (χ1v) is 11.1. The van der Waals surface area contributed by atoms with Crippen LogP contribution in [0.3, 0.4) is 0 Å². The Morgan fingerprint density at radius 2 is 1.53 bits per heavy atom. The second-order valence-corrected chi connectivity index (χ2v) is 8.60. The number of hydrogen-bond acceptors (Lipinski definition) is 4. The van der Waals surface area contributed by atoms with Gasteiger partial charge in [0.2, 0.25) is 0 Å². The van der Waals surface area contributed by atoms with E-state index in [-0.39, 0.29) is 0 Å². The zero-order valence-corrected chi connectivity index (χ0v) is 19.6. The number of oxime groups is 1. The molecule has 0 aliphatic carbocycles. The summed E-state index contributed by atoms with van der Waals surface area (Å²) in [5.41, 5.74) is 2.05. The molecule has 2 aromatic heterocycles. The minimum Gasteiger partial charge on any atom is -0.385 e. The van der Waals surface area contributed by atoms with Crippen molar-refractivity contribution in [3.63, 3.8) is 0 Å². The second-order valence-electron chi connectivity index (χ2n) is 6.92. The third-order valence-electron chi connectivity index (χ3n) is 4.67. The largest absolute Gasteiger partial charge is 0.385 e. The predicted octanol–water partition coefficient (Wildman–Crippen LogP) is 6.56. The van der Waals surface area contributed by atoms with Crippen LogP contribution in [0.2, 0.25) is 20.1 Å². The number of hydrogen-bond donors (Lipinski definition) is 0. The Morgan fingerprint density at radius 3 is 2.16 bits per heavy atom. The van der Waals surface area contributed by atoms with E-state index in [2.05, 4.69) is 15.1 Å². The highest BCUT2D eigenvalue weighted by atomic mass is 35.5. The molecule has 0 N–H and O–H groups in total. The van der Waals surface area contributed by atoms with Crippen LogP contribution in [0.1, 0.15) is 17.2 Å². The fourth-order valence-corrected chi connectivity index (χ4v) is 4.15. The van der Waals surface area contributed by atoms with Gasteiger partial charge in [-0.25, -0.2) is 9.97 Å². The van der Waals surface area contributed by atoms with Crippen LogP contribution < -0.4 is 0 Å². The van der Waals surface area contributed by atoms with Gasteiger partial charge in [-0.15, -0.1) is 0 Å². The van der Waals surface area contributed by atoms with Crippen molar-refractivity contribution in [3.05, 3.63) is 105 Å². The molecule has 0 amide bonds. The van der Waals surface area contributed by atoms with Crippen molar-refractivity contribution in [2.24, 2.45) is 5.16 Å². The molecule has 4 rings (SSSR count). The summed E-state index contributed by atoms with van der Waals surface area (Å²) < 4.78 is 3.75. The van der Waals surface area contributed by atoms with E-state index in [0.717, 1.165) is 5.56 Å². The molecule has 0 saturated carbocycles. The summed E-state index contributed by atoms with van der Waals surface area (Å²) >= 11 is 25.1. The van der Waals surface area contributed by atoms with Crippen LogP contribution in [0, 0.1) is 0 Å². The molecule has 4 aromatic rings. The highest BCUT2D eigenvalue weighted by molar-refractivity contribution is 6.37. The van der Waals surface area contributed by atoms with Crippen molar-refractivity contribution in [2.75, 3.05) is 0 Å². The predicted molar refractivity (Wildman–Crippen MR) is 128 cm³/mol. The molecule has 10 heteroatoms. The molecule has 2 aromatic carbocycles. The molecular formula is C22H17Cl4N5O. The molecule has 0 bridgehead atoms. The molecule has 0 fully saturated rings. The van der Waals surface area contributed by atoms with Crippen molar-refractivity contribution in [1.82, 2.24) is 19.1 Å². The molecule has 6 nitrogen and oxygen atoms in total. The lowest BCUT2D eigenvalue weighted by molar-refractivity contribution is 0.0453. The van der Waals surface area contributed by atoms with E-state index >= 15 is 0 Å². The Balaban J connectivity index is 1.70. The van der Waals surface area contributed by atoms with E-state index in [1.807, 2.05) is 33.7 Å². The maximum Gasteiger partial charge on any atom is 0.171 e. The molecular weight excluding hydrogens is 492 g/mol.